The van der Waals surface area contributed by atoms with Crippen molar-refractivity contribution in [3.8, 4) is 0 Å². The van der Waals surface area contributed by atoms with Crippen LogP contribution in [0.2, 0.25) is 0 Å². The van der Waals surface area contributed by atoms with Gasteiger partial charge in [0.25, 0.3) is 7.82 Å². The maximum absolute atomic E-state index is 13.1. The Labute approximate surface area is 402 Å². The summed E-state index contributed by atoms with van der Waals surface area (Å²) in [4.78, 5) is 49.5. The molecule has 4 N–H and O–H groups in total. The van der Waals surface area contributed by atoms with Gasteiger partial charge in [-0.2, -0.15) is 0 Å². The molecule has 0 saturated heterocycles. The van der Waals surface area contributed by atoms with Crippen LogP contribution in [-0.4, -0.2) is 109 Å². The first-order valence-corrected chi connectivity index (χ1v) is 26.4. The van der Waals surface area contributed by atoms with Crippen molar-refractivity contribution >= 4 is 37.5 Å². The molecule has 0 fully saturated rings. The second-order valence-electron chi connectivity index (χ2n) is 16.9. The van der Waals surface area contributed by atoms with Gasteiger partial charge in [-0.05, 0) is 77.0 Å². The van der Waals surface area contributed by atoms with Gasteiger partial charge in [-0.1, -0.05) is 137 Å². The van der Waals surface area contributed by atoms with E-state index in [0.717, 1.165) is 64.2 Å². The highest BCUT2D eigenvalue weighted by atomic mass is 32.2. The van der Waals surface area contributed by atoms with Gasteiger partial charge in [0.15, 0.2) is 6.10 Å². The molecule has 0 aromatic heterocycles. The number of aliphatic hydroxyl groups excluding tert-OH is 1. The number of unbranched alkanes of at least 4 members (excludes halogenated alkanes) is 7. The molecule has 0 rings (SSSR count). The van der Waals surface area contributed by atoms with E-state index in [0.29, 0.717) is 17.4 Å². The molecule has 0 aliphatic carbocycles. The number of nitrogens with two attached hydrogens (primary N) is 1. The number of carbonyl (C=O) groups excluding carboxylic acids is 2. The van der Waals surface area contributed by atoms with Crippen LogP contribution in [0.3, 0.4) is 0 Å². The van der Waals surface area contributed by atoms with Crippen LogP contribution in [0.1, 0.15) is 129 Å². The van der Waals surface area contributed by atoms with Crippen molar-refractivity contribution in [3.63, 3.8) is 0 Å². The van der Waals surface area contributed by atoms with Crippen molar-refractivity contribution in [3.05, 3.63) is 97.2 Å². The quantitative estimate of drug-likeness (QED) is 0.0131. The summed E-state index contributed by atoms with van der Waals surface area (Å²) in [5.41, 5.74) is 6.20. The average Bonchev–Trinajstić information content (AvgIpc) is 3.26. The Morgan fingerprint density at radius 1 is 0.727 bits per heavy atom. The first-order valence-electron chi connectivity index (χ1n) is 23.9. The first kappa shape index (κ1) is 62.7. The van der Waals surface area contributed by atoms with Crippen molar-refractivity contribution in [2.45, 2.75) is 153 Å². The number of phosphoric acid groups is 1. The lowest BCUT2D eigenvalue weighted by atomic mass is 10.1. The van der Waals surface area contributed by atoms with Gasteiger partial charge in [-0.25, -0.2) is 0 Å². The molecule has 5 atom stereocenters. The van der Waals surface area contributed by atoms with Gasteiger partial charge in [0.1, 0.15) is 25.8 Å². The number of carbonyl (C=O) groups is 3. The monoisotopic (exact) mass is 965 g/mol. The van der Waals surface area contributed by atoms with E-state index >= 15 is 0 Å². The molecule has 13 nitrogen and oxygen atoms in total. The summed E-state index contributed by atoms with van der Waals surface area (Å²) in [7, 11) is 0.872. The molecule has 1 unspecified atom stereocenters. The lowest BCUT2D eigenvalue weighted by Crippen LogP contribution is -2.39. The molecule has 0 saturated carbocycles. The van der Waals surface area contributed by atoms with Gasteiger partial charge in [-0.15, -0.1) is 11.8 Å². The standard InChI is InChI=1S/C51H85N2O11PS/c1-6-8-10-12-14-16-18-20-21-22-23-24-26-28-30-32-34-39-50(57)64-45(43-63-65(59,60)62-41-40-53(3,4)5)42-61-51(58)46(52)44-66-48(47(54)36-35-38-49(55)56)37-33-31-29-27-25-19-17-15-13-11-9-7-2/h8,10,14-17,20-21,23-25,27,29,31,33,37,45-48,54H,6-7,9,11-13,18-19,22,26,28,30,32,34-36,38-44,52H2,1-5H3,(H-,55,56,59,60)/b10-8-,16-14-,17-15-,21-20-,24-23-,27-25-,31-29+,37-33+/t45-,46+,47+,48-/m1/s1. The summed E-state index contributed by atoms with van der Waals surface area (Å²) in [6.45, 7) is 3.45. The molecule has 0 aromatic rings. The average molecular weight is 965 g/mol. The molecule has 66 heavy (non-hydrogen) atoms. The number of allylic oxidation sites excluding steroid dienone is 15. The minimum atomic E-state index is -4.78. The number of nitrogens with zero attached hydrogens (tertiary/aromatic N) is 1. The summed E-state index contributed by atoms with van der Waals surface area (Å²) < 4.78 is 34.0. The molecule has 0 aliphatic rings. The van der Waals surface area contributed by atoms with Crippen molar-refractivity contribution in [2.24, 2.45) is 5.73 Å². The van der Waals surface area contributed by atoms with Gasteiger partial charge in [-0.3, -0.25) is 18.9 Å². The largest absolute Gasteiger partial charge is 0.756 e. The molecule has 376 valence electrons. The van der Waals surface area contributed by atoms with Crippen LogP contribution < -0.4 is 10.6 Å². The number of hydrogen-bond donors (Lipinski definition) is 3. The van der Waals surface area contributed by atoms with Crippen LogP contribution in [0, 0.1) is 0 Å². The maximum atomic E-state index is 13.1. The van der Waals surface area contributed by atoms with Crippen LogP contribution in [0.5, 0.6) is 0 Å². The number of rotatable bonds is 42. The van der Waals surface area contributed by atoms with Crippen LogP contribution in [0.15, 0.2) is 97.2 Å². The molecule has 0 aromatic carbocycles. The van der Waals surface area contributed by atoms with E-state index in [1.54, 1.807) is 12.2 Å². The fraction of sp³-hybridized carbons (Fsp3) is 0.627. The van der Waals surface area contributed by atoms with E-state index in [2.05, 4.69) is 74.6 Å². The summed E-state index contributed by atoms with van der Waals surface area (Å²) in [5.74, 6) is -2.33. The third-order valence-corrected chi connectivity index (χ3v) is 12.0. The Hall–Kier alpha value is -3.33. The topological polar surface area (TPSA) is 195 Å². The zero-order valence-electron chi connectivity index (χ0n) is 40.8. The minimum Gasteiger partial charge on any atom is -0.756 e. The SMILES string of the molecule is CC/C=C\C/C=C\C/C=C\C/C=C\CCCCCCC(=O)O[C@H](COC(=O)[C@@H](N)CS[C@H](/C=C/C=C/C=C\C/C=C\CCCCC)[C@@H](O)CCCC(=O)O)COP(=O)([O-])OCC[N+](C)(C)C. The fourth-order valence-corrected chi connectivity index (χ4v) is 7.59. The third-order valence-electron chi connectivity index (χ3n) is 9.58. The Bertz CT molecular complexity index is 1570. The molecule has 15 heteroatoms. The van der Waals surface area contributed by atoms with Gasteiger partial charge < -0.3 is 43.8 Å². The van der Waals surface area contributed by atoms with E-state index < -0.39 is 62.4 Å². The third kappa shape index (κ3) is 42.1. The zero-order chi connectivity index (χ0) is 49.2. The molecule has 0 heterocycles. The van der Waals surface area contributed by atoms with E-state index in [4.69, 9.17) is 29.4 Å². The highest BCUT2D eigenvalue weighted by Crippen LogP contribution is 2.38. The number of carboxylic acid groups (broad SMARTS) is 1. The van der Waals surface area contributed by atoms with E-state index in [1.165, 1.54) is 31.0 Å². The Kier molecular flexibility index (Phi) is 39.7. The fourth-order valence-electron chi connectivity index (χ4n) is 5.73. The molecule has 0 aliphatic heterocycles. The number of thioether (sulfide) groups is 1. The molecular weight excluding hydrogens is 880 g/mol. The summed E-state index contributed by atoms with van der Waals surface area (Å²) in [5, 5.41) is 19.5. The number of likely N-dealkylation sites (N-methyl/N-ethyl adjacent to an activating group) is 1. The normalized spacial score (nSPS) is 15.6. The molecule has 0 amide bonds. The number of aliphatic carboxylic acids is 1. The molecular formula is C51H85N2O11PS. The first-order chi connectivity index (χ1) is 31.6. The van der Waals surface area contributed by atoms with E-state index in [-0.39, 0.29) is 38.0 Å². The highest BCUT2D eigenvalue weighted by molar-refractivity contribution is 8.00. The van der Waals surface area contributed by atoms with Crippen LogP contribution in [0.4, 0.5) is 0 Å². The van der Waals surface area contributed by atoms with Gasteiger partial charge in [0, 0.05) is 23.8 Å². The van der Waals surface area contributed by atoms with Gasteiger partial charge in [0.05, 0.1) is 33.9 Å². The Morgan fingerprint density at radius 2 is 1.32 bits per heavy atom. The van der Waals surface area contributed by atoms with Crippen LogP contribution >= 0.6 is 19.6 Å². The van der Waals surface area contributed by atoms with Crippen molar-refractivity contribution < 1.29 is 57.1 Å². The van der Waals surface area contributed by atoms with Gasteiger partial charge >= 0.3 is 17.9 Å². The summed E-state index contributed by atoms with van der Waals surface area (Å²) >= 11 is 1.21. The van der Waals surface area contributed by atoms with Crippen molar-refractivity contribution in [1.82, 2.24) is 0 Å². The summed E-state index contributed by atoms with van der Waals surface area (Å²) in [6.07, 6.45) is 44.8. The van der Waals surface area contributed by atoms with Gasteiger partial charge in [0.2, 0.25) is 0 Å². The molecule has 0 bridgehead atoms. The second kappa shape index (κ2) is 41.8. The van der Waals surface area contributed by atoms with Crippen LogP contribution in [-0.2, 0) is 37.5 Å². The number of carboxylic acids is 1. The Morgan fingerprint density at radius 3 is 1.94 bits per heavy atom. The smallest absolute Gasteiger partial charge is 0.323 e. The lowest BCUT2D eigenvalue weighted by molar-refractivity contribution is -0.870. The maximum Gasteiger partial charge on any atom is 0.323 e. The minimum absolute atomic E-state index is 0.0389. The number of quaternary nitrogens is 1. The van der Waals surface area contributed by atoms with Crippen LogP contribution in [0.25, 0.3) is 0 Å². The summed E-state index contributed by atoms with van der Waals surface area (Å²) in [6, 6.07) is -1.15. The molecule has 0 spiro atoms. The van der Waals surface area contributed by atoms with E-state index in [1.807, 2.05) is 45.4 Å². The predicted molar refractivity (Wildman–Crippen MR) is 269 cm³/mol. The second-order valence-corrected chi connectivity index (χ2v) is 19.6. The Balaban J connectivity index is 5.25. The number of hydrogen-bond acceptors (Lipinski definition) is 12. The predicted octanol–water partition coefficient (Wildman–Crippen LogP) is 10.0. The van der Waals surface area contributed by atoms with E-state index in [9.17, 15) is 28.9 Å². The number of aliphatic hydroxyl groups is 1. The number of ether oxygens (including phenoxy) is 2. The molecule has 0 radical (unpaired) electrons. The number of phosphoric ester groups is 1. The highest BCUT2D eigenvalue weighted by Gasteiger charge is 2.25. The van der Waals surface area contributed by atoms with Crippen molar-refractivity contribution in [2.75, 3.05) is 53.3 Å². The zero-order valence-corrected chi connectivity index (χ0v) is 42.5. The van der Waals surface area contributed by atoms with Crippen molar-refractivity contribution in [1.29, 1.82) is 0 Å². The number of esters is 2. The lowest BCUT2D eigenvalue weighted by Gasteiger charge is -2.28.